The van der Waals surface area contributed by atoms with E-state index in [1.54, 1.807) is 37.1 Å². The summed E-state index contributed by atoms with van der Waals surface area (Å²) in [5.74, 6) is 1.25. The predicted octanol–water partition coefficient (Wildman–Crippen LogP) is 4.64. The quantitative estimate of drug-likeness (QED) is 0.624. The van der Waals surface area contributed by atoms with Crippen LogP contribution < -0.4 is 15.4 Å². The monoisotopic (exact) mass is 466 g/mol. The molecule has 4 rings (SSSR count). The molecular formula is C24H26N4O4S. The highest BCUT2D eigenvalue weighted by Crippen LogP contribution is 2.40. The minimum atomic E-state index is -0.398. The van der Waals surface area contributed by atoms with Gasteiger partial charge in [0.05, 0.1) is 31.5 Å². The van der Waals surface area contributed by atoms with Crippen molar-refractivity contribution in [3.05, 3.63) is 65.4 Å². The van der Waals surface area contributed by atoms with Gasteiger partial charge in [0.1, 0.15) is 5.75 Å². The van der Waals surface area contributed by atoms with Crippen molar-refractivity contribution in [3.63, 3.8) is 0 Å². The number of nitrogens with zero attached hydrogens (tertiary/aromatic N) is 2. The maximum absolute atomic E-state index is 12.7. The smallest absolute Gasteiger partial charge is 0.338 e. The first-order valence-corrected chi connectivity index (χ1v) is 11.6. The summed E-state index contributed by atoms with van der Waals surface area (Å²) in [4.78, 5) is 32.1. The molecule has 0 radical (unpaired) electrons. The summed E-state index contributed by atoms with van der Waals surface area (Å²) in [5, 5.41) is 6.59. The van der Waals surface area contributed by atoms with Crippen molar-refractivity contribution in [2.75, 3.05) is 37.2 Å². The third kappa shape index (κ3) is 4.98. The lowest BCUT2D eigenvalue weighted by Crippen LogP contribution is -2.42. The molecule has 1 unspecified atom stereocenters. The molecule has 2 amide bonds. The molecule has 1 saturated heterocycles. The fourth-order valence-corrected chi connectivity index (χ4v) is 4.99. The molecule has 2 aliphatic heterocycles. The van der Waals surface area contributed by atoms with Crippen LogP contribution in [0.2, 0.25) is 0 Å². The zero-order valence-electron chi connectivity index (χ0n) is 18.8. The summed E-state index contributed by atoms with van der Waals surface area (Å²) < 4.78 is 10.3. The number of benzene rings is 2. The summed E-state index contributed by atoms with van der Waals surface area (Å²) in [6, 6.07) is 13.9. The molecule has 2 aromatic carbocycles. The highest BCUT2D eigenvalue weighted by atomic mass is 32.2. The molecule has 33 heavy (non-hydrogen) atoms. The summed E-state index contributed by atoms with van der Waals surface area (Å²) in [6.45, 7) is 2.63. The first-order valence-electron chi connectivity index (χ1n) is 10.6. The van der Waals surface area contributed by atoms with Crippen molar-refractivity contribution in [1.29, 1.82) is 0 Å². The predicted molar refractivity (Wildman–Crippen MR) is 131 cm³/mol. The van der Waals surface area contributed by atoms with E-state index in [1.165, 1.54) is 7.11 Å². The van der Waals surface area contributed by atoms with E-state index in [0.29, 0.717) is 28.4 Å². The van der Waals surface area contributed by atoms with Gasteiger partial charge < -0.3 is 25.0 Å². The topological polar surface area (TPSA) is 92.3 Å². The Morgan fingerprint density at radius 1 is 1.09 bits per heavy atom. The van der Waals surface area contributed by atoms with Crippen LogP contribution in [0.1, 0.15) is 24.9 Å². The zero-order valence-corrected chi connectivity index (χ0v) is 19.6. The number of allylic oxidation sites excluding steroid dienone is 1. The molecule has 9 heteroatoms. The van der Waals surface area contributed by atoms with Gasteiger partial charge >= 0.3 is 12.0 Å². The SMILES string of the molecule is COC(=O)C1=C(C)N=C2SCCCN2C1c1cccc(NC(=O)Nc2cccc(OC)c2)c1. The highest BCUT2D eigenvalue weighted by molar-refractivity contribution is 8.13. The number of anilines is 2. The number of ether oxygens (including phenoxy) is 2. The second-order valence-corrected chi connectivity index (χ2v) is 8.68. The van der Waals surface area contributed by atoms with Crippen LogP contribution in [-0.4, -0.2) is 48.6 Å². The molecule has 2 heterocycles. The molecule has 2 aliphatic rings. The average Bonchev–Trinajstić information content (AvgIpc) is 2.82. The van der Waals surface area contributed by atoms with Gasteiger partial charge in [-0.2, -0.15) is 0 Å². The fourth-order valence-electron chi connectivity index (χ4n) is 3.97. The lowest BCUT2D eigenvalue weighted by molar-refractivity contribution is -0.136. The second kappa shape index (κ2) is 9.99. The number of amidine groups is 1. The van der Waals surface area contributed by atoms with E-state index >= 15 is 0 Å². The van der Waals surface area contributed by atoms with Gasteiger partial charge in [0.15, 0.2) is 5.17 Å². The van der Waals surface area contributed by atoms with Crippen molar-refractivity contribution in [1.82, 2.24) is 4.90 Å². The van der Waals surface area contributed by atoms with Gasteiger partial charge in [-0.1, -0.05) is 30.0 Å². The molecule has 0 bridgehead atoms. The lowest BCUT2D eigenvalue weighted by atomic mass is 9.94. The Hall–Kier alpha value is -3.46. The Kier molecular flexibility index (Phi) is 6.88. The van der Waals surface area contributed by atoms with E-state index in [9.17, 15) is 9.59 Å². The number of hydrogen-bond donors (Lipinski definition) is 2. The van der Waals surface area contributed by atoms with E-state index in [1.807, 2.05) is 37.3 Å². The van der Waals surface area contributed by atoms with Gasteiger partial charge in [-0.15, -0.1) is 0 Å². The molecule has 2 aromatic rings. The molecule has 0 aliphatic carbocycles. The molecule has 8 nitrogen and oxygen atoms in total. The van der Waals surface area contributed by atoms with Gasteiger partial charge in [0, 0.05) is 29.7 Å². The third-order valence-corrected chi connectivity index (χ3v) is 6.53. The lowest BCUT2D eigenvalue weighted by Gasteiger charge is -2.40. The second-order valence-electron chi connectivity index (χ2n) is 7.62. The minimum Gasteiger partial charge on any atom is -0.497 e. The number of esters is 1. The van der Waals surface area contributed by atoms with Crippen LogP contribution in [0.3, 0.4) is 0 Å². The van der Waals surface area contributed by atoms with E-state index < -0.39 is 5.97 Å². The van der Waals surface area contributed by atoms with Gasteiger partial charge in [-0.05, 0) is 43.2 Å². The Morgan fingerprint density at radius 3 is 2.55 bits per heavy atom. The highest BCUT2D eigenvalue weighted by Gasteiger charge is 2.37. The van der Waals surface area contributed by atoms with Crippen molar-refractivity contribution >= 4 is 40.3 Å². The standard InChI is InChI=1S/C24H26N4O4S/c1-15-20(22(29)32-3)21(28-11-6-12-33-24(28)25-15)16-7-4-8-17(13-16)26-23(30)27-18-9-5-10-19(14-18)31-2/h4-5,7-10,13-14,21H,6,11-12H2,1-3H3,(H2,26,27,30). The average molecular weight is 467 g/mol. The number of amides is 2. The Labute approximate surface area is 197 Å². The zero-order chi connectivity index (χ0) is 23.4. The van der Waals surface area contributed by atoms with Gasteiger partial charge in [-0.3, -0.25) is 0 Å². The number of fused-ring (bicyclic) bond motifs is 1. The number of rotatable bonds is 5. The van der Waals surface area contributed by atoms with Crippen molar-refractivity contribution in [2.45, 2.75) is 19.4 Å². The normalized spacial score (nSPS) is 17.6. The summed E-state index contributed by atoms with van der Waals surface area (Å²) in [5.41, 5.74) is 3.28. The van der Waals surface area contributed by atoms with E-state index in [0.717, 1.165) is 29.4 Å². The molecule has 0 aromatic heterocycles. The van der Waals surface area contributed by atoms with E-state index in [2.05, 4.69) is 20.5 Å². The van der Waals surface area contributed by atoms with E-state index in [4.69, 9.17) is 9.47 Å². The first kappa shape index (κ1) is 22.7. The first-order chi connectivity index (χ1) is 16.0. The number of methoxy groups -OCH3 is 2. The van der Waals surface area contributed by atoms with Gasteiger partial charge in [0.2, 0.25) is 0 Å². The van der Waals surface area contributed by atoms with Crippen LogP contribution in [-0.2, 0) is 9.53 Å². The van der Waals surface area contributed by atoms with E-state index in [-0.39, 0.29) is 12.1 Å². The number of carbonyl (C=O) groups is 2. The molecule has 2 N–H and O–H groups in total. The van der Waals surface area contributed by atoms with Crippen LogP contribution in [0.4, 0.5) is 16.2 Å². The molecule has 1 fully saturated rings. The number of urea groups is 1. The molecular weight excluding hydrogens is 440 g/mol. The van der Waals surface area contributed by atoms with Crippen LogP contribution in [0.25, 0.3) is 0 Å². The largest absolute Gasteiger partial charge is 0.497 e. The van der Waals surface area contributed by atoms with Gasteiger partial charge in [0.25, 0.3) is 0 Å². The maximum Gasteiger partial charge on any atom is 0.338 e. The molecule has 0 spiro atoms. The Morgan fingerprint density at radius 2 is 1.82 bits per heavy atom. The Bertz CT molecular complexity index is 1130. The Balaban J connectivity index is 1.59. The maximum atomic E-state index is 12.7. The molecule has 172 valence electrons. The van der Waals surface area contributed by atoms with Gasteiger partial charge in [-0.25, -0.2) is 14.6 Å². The number of thioether (sulfide) groups is 1. The molecule has 1 atom stereocenters. The fraction of sp³-hybridized carbons (Fsp3) is 0.292. The molecule has 0 saturated carbocycles. The van der Waals surface area contributed by atoms with Crippen LogP contribution in [0, 0.1) is 0 Å². The number of hydrogen-bond acceptors (Lipinski definition) is 7. The number of aliphatic imine (C=N–C) groups is 1. The van der Waals surface area contributed by atoms with Crippen LogP contribution in [0.5, 0.6) is 5.75 Å². The number of carbonyl (C=O) groups excluding carboxylic acids is 2. The summed E-state index contributed by atoms with van der Waals surface area (Å²) >= 11 is 1.69. The third-order valence-electron chi connectivity index (χ3n) is 5.45. The van der Waals surface area contributed by atoms with Crippen molar-refractivity contribution < 1.29 is 19.1 Å². The summed E-state index contributed by atoms with van der Waals surface area (Å²) in [6.07, 6.45) is 0.995. The number of nitrogens with one attached hydrogen (secondary N) is 2. The van der Waals surface area contributed by atoms with Crippen molar-refractivity contribution in [3.8, 4) is 5.75 Å². The van der Waals surface area contributed by atoms with Crippen LogP contribution in [0.15, 0.2) is 64.8 Å². The summed E-state index contributed by atoms with van der Waals surface area (Å²) in [7, 11) is 2.95. The van der Waals surface area contributed by atoms with Crippen molar-refractivity contribution in [2.24, 2.45) is 4.99 Å². The minimum absolute atomic E-state index is 0.332. The van der Waals surface area contributed by atoms with Crippen LogP contribution >= 0.6 is 11.8 Å².